The van der Waals surface area contributed by atoms with E-state index in [1.807, 2.05) is 13.0 Å². The van der Waals surface area contributed by atoms with E-state index in [-0.39, 0.29) is 20.7 Å². The Kier molecular flexibility index (Phi) is 5.38. The summed E-state index contributed by atoms with van der Waals surface area (Å²) in [7, 11) is -4.12. The predicted octanol–water partition coefficient (Wildman–Crippen LogP) is 2.00. The first kappa shape index (κ1) is 19.5. The van der Waals surface area contributed by atoms with Gasteiger partial charge in [0.25, 0.3) is 26.2 Å². The summed E-state index contributed by atoms with van der Waals surface area (Å²) < 4.78 is 26.9. The van der Waals surface area contributed by atoms with Crippen LogP contribution in [0, 0.1) is 6.92 Å². The molecule has 0 spiro atoms. The summed E-state index contributed by atoms with van der Waals surface area (Å²) in [6, 6.07) is 12.8. The van der Waals surface area contributed by atoms with Gasteiger partial charge in [0, 0.05) is 5.56 Å². The first-order valence-electron chi connectivity index (χ1n) is 7.89. The molecule has 0 aliphatic carbocycles. The van der Waals surface area contributed by atoms with Crippen LogP contribution in [0.5, 0.6) is 0 Å². The summed E-state index contributed by atoms with van der Waals surface area (Å²) in [6.45, 7) is 1.85. The summed E-state index contributed by atoms with van der Waals surface area (Å²) >= 11 is 0.680. The van der Waals surface area contributed by atoms with E-state index in [4.69, 9.17) is 5.73 Å². The number of aromatic nitrogens is 2. The molecule has 4 N–H and O–H groups in total. The minimum absolute atomic E-state index is 0.0172. The van der Waals surface area contributed by atoms with Crippen LogP contribution >= 0.6 is 11.3 Å². The van der Waals surface area contributed by atoms with Crippen molar-refractivity contribution in [3.8, 4) is 0 Å². The number of sulfonamides is 1. The van der Waals surface area contributed by atoms with Gasteiger partial charge in [0.15, 0.2) is 0 Å². The van der Waals surface area contributed by atoms with Gasteiger partial charge in [0.2, 0.25) is 5.13 Å². The van der Waals surface area contributed by atoms with Crippen molar-refractivity contribution < 1.29 is 18.0 Å². The number of hydrogen-bond donors (Lipinski definition) is 3. The molecule has 0 aliphatic rings. The number of nitrogens with zero attached hydrogens (tertiary/aromatic N) is 2. The minimum atomic E-state index is -4.12. The number of carbonyl (C=O) groups is 2. The maximum Gasteiger partial charge on any atom is 0.291 e. The van der Waals surface area contributed by atoms with Crippen LogP contribution in [0.25, 0.3) is 0 Å². The lowest BCUT2D eigenvalue weighted by molar-refractivity contribution is 0.0998. The molecule has 0 unspecified atom stereocenters. The van der Waals surface area contributed by atoms with Gasteiger partial charge in [-0.2, -0.15) is 8.42 Å². The largest absolute Gasteiger partial charge is 0.366 e. The third kappa shape index (κ3) is 4.32. The Balaban J connectivity index is 1.79. The average molecular weight is 417 g/mol. The third-order valence-corrected chi connectivity index (χ3v) is 6.15. The fourth-order valence-corrected chi connectivity index (χ4v) is 4.28. The number of benzene rings is 2. The summed E-state index contributed by atoms with van der Waals surface area (Å²) in [5, 5.41) is 9.84. The molecule has 28 heavy (non-hydrogen) atoms. The van der Waals surface area contributed by atoms with E-state index in [1.54, 1.807) is 30.3 Å². The highest BCUT2D eigenvalue weighted by Gasteiger charge is 2.23. The summed E-state index contributed by atoms with van der Waals surface area (Å²) in [5.74, 6) is -1.21. The lowest BCUT2D eigenvalue weighted by Crippen LogP contribution is -2.18. The minimum Gasteiger partial charge on any atom is -0.366 e. The number of carbonyl (C=O) groups excluding carboxylic acids is 2. The highest BCUT2D eigenvalue weighted by molar-refractivity contribution is 7.94. The van der Waals surface area contributed by atoms with Gasteiger partial charge in [0.05, 0.1) is 11.3 Å². The van der Waals surface area contributed by atoms with Crippen molar-refractivity contribution in [3.05, 3.63) is 65.2 Å². The molecule has 0 saturated carbocycles. The standard InChI is InChI=1S/C17H15N5O4S2/c1-10-5-4-6-11(9-10)15(24)19-16-20-21-17(27-16)28(25,26)22-13-8-3-2-7-12(13)14(18)23/h2-9,22H,1H3,(H2,18,23)(H,19,20,24). The number of nitrogens with one attached hydrogen (secondary N) is 2. The van der Waals surface area contributed by atoms with Gasteiger partial charge >= 0.3 is 0 Å². The summed E-state index contributed by atoms with van der Waals surface area (Å²) in [6.07, 6.45) is 0. The van der Waals surface area contributed by atoms with Crippen LogP contribution in [0.1, 0.15) is 26.3 Å². The molecular formula is C17H15N5O4S2. The fraction of sp³-hybridized carbons (Fsp3) is 0.0588. The van der Waals surface area contributed by atoms with Gasteiger partial charge in [-0.05, 0) is 31.2 Å². The molecule has 0 bridgehead atoms. The maximum atomic E-state index is 12.5. The average Bonchev–Trinajstić information content (AvgIpc) is 3.11. The molecular weight excluding hydrogens is 402 g/mol. The number of nitrogens with two attached hydrogens (primary N) is 1. The Bertz CT molecular complexity index is 1160. The van der Waals surface area contributed by atoms with Crippen molar-refractivity contribution in [2.75, 3.05) is 10.0 Å². The zero-order valence-electron chi connectivity index (χ0n) is 14.5. The molecule has 2 aromatic carbocycles. The second-order valence-corrected chi connectivity index (χ2v) is 8.55. The number of rotatable bonds is 6. The zero-order chi connectivity index (χ0) is 20.3. The van der Waals surface area contributed by atoms with Gasteiger partial charge < -0.3 is 5.73 Å². The molecule has 0 radical (unpaired) electrons. The molecule has 144 valence electrons. The Morgan fingerprint density at radius 3 is 2.54 bits per heavy atom. The highest BCUT2D eigenvalue weighted by Crippen LogP contribution is 2.24. The number of anilines is 2. The lowest BCUT2D eigenvalue weighted by atomic mass is 10.1. The SMILES string of the molecule is Cc1cccc(C(=O)Nc2nnc(S(=O)(=O)Nc3ccccc3C(N)=O)s2)c1. The molecule has 0 fully saturated rings. The number of hydrogen-bond acceptors (Lipinski definition) is 7. The topological polar surface area (TPSA) is 144 Å². The number of para-hydroxylation sites is 1. The molecule has 3 aromatic rings. The monoisotopic (exact) mass is 417 g/mol. The van der Waals surface area contributed by atoms with Crippen LogP contribution in [-0.2, 0) is 10.0 Å². The molecule has 2 amide bonds. The van der Waals surface area contributed by atoms with Crippen molar-refractivity contribution in [1.29, 1.82) is 0 Å². The quantitative estimate of drug-likeness (QED) is 0.523. The van der Waals surface area contributed by atoms with Crippen LogP contribution in [0.3, 0.4) is 0 Å². The molecule has 3 rings (SSSR count). The molecule has 0 saturated heterocycles. The van der Waals surface area contributed by atoms with E-state index in [0.717, 1.165) is 5.56 Å². The Hall–Kier alpha value is -3.31. The van der Waals surface area contributed by atoms with Gasteiger partial charge in [-0.3, -0.25) is 19.6 Å². The third-order valence-electron chi connectivity index (χ3n) is 3.57. The van der Waals surface area contributed by atoms with E-state index < -0.39 is 21.8 Å². The van der Waals surface area contributed by atoms with E-state index in [1.165, 1.54) is 12.1 Å². The van der Waals surface area contributed by atoms with Crippen LogP contribution in [-0.4, -0.2) is 30.4 Å². The number of aryl methyl sites for hydroxylation is 1. The molecule has 9 nitrogen and oxygen atoms in total. The van der Waals surface area contributed by atoms with E-state index in [9.17, 15) is 18.0 Å². The second-order valence-electron chi connectivity index (χ2n) is 5.71. The Morgan fingerprint density at radius 1 is 1.07 bits per heavy atom. The highest BCUT2D eigenvalue weighted by atomic mass is 32.2. The van der Waals surface area contributed by atoms with Gasteiger partial charge in [-0.15, -0.1) is 10.2 Å². The number of amides is 2. The molecule has 0 aliphatic heterocycles. The summed E-state index contributed by atoms with van der Waals surface area (Å²) in [5.41, 5.74) is 6.61. The van der Waals surface area contributed by atoms with Crippen LogP contribution < -0.4 is 15.8 Å². The molecule has 11 heteroatoms. The normalized spacial score (nSPS) is 11.0. The Labute approximate surface area is 164 Å². The molecule has 1 heterocycles. The first-order chi connectivity index (χ1) is 13.3. The van der Waals surface area contributed by atoms with Gasteiger partial charge in [0.1, 0.15) is 0 Å². The lowest BCUT2D eigenvalue weighted by Gasteiger charge is -2.08. The van der Waals surface area contributed by atoms with Gasteiger partial charge in [-0.25, -0.2) is 0 Å². The number of primary amides is 1. The van der Waals surface area contributed by atoms with Crippen LogP contribution in [0.4, 0.5) is 10.8 Å². The van der Waals surface area contributed by atoms with Crippen molar-refractivity contribution in [1.82, 2.24) is 10.2 Å². The Morgan fingerprint density at radius 2 is 1.82 bits per heavy atom. The van der Waals surface area contributed by atoms with Crippen molar-refractivity contribution >= 4 is 44.0 Å². The van der Waals surface area contributed by atoms with E-state index in [0.29, 0.717) is 16.9 Å². The van der Waals surface area contributed by atoms with E-state index in [2.05, 4.69) is 20.2 Å². The second kappa shape index (κ2) is 7.74. The fourth-order valence-electron chi connectivity index (χ4n) is 2.30. The predicted molar refractivity (Wildman–Crippen MR) is 105 cm³/mol. The van der Waals surface area contributed by atoms with Crippen molar-refractivity contribution in [2.45, 2.75) is 11.3 Å². The maximum absolute atomic E-state index is 12.5. The molecule has 1 aromatic heterocycles. The van der Waals surface area contributed by atoms with Crippen LogP contribution in [0.2, 0.25) is 0 Å². The molecule has 0 atom stereocenters. The van der Waals surface area contributed by atoms with Crippen LogP contribution in [0.15, 0.2) is 52.9 Å². The van der Waals surface area contributed by atoms with Gasteiger partial charge in [-0.1, -0.05) is 41.2 Å². The smallest absolute Gasteiger partial charge is 0.291 e. The van der Waals surface area contributed by atoms with Crippen molar-refractivity contribution in [3.63, 3.8) is 0 Å². The van der Waals surface area contributed by atoms with E-state index >= 15 is 0 Å². The van der Waals surface area contributed by atoms with Crippen molar-refractivity contribution in [2.24, 2.45) is 5.73 Å². The first-order valence-corrected chi connectivity index (χ1v) is 10.2. The zero-order valence-corrected chi connectivity index (χ0v) is 16.2. The summed E-state index contributed by atoms with van der Waals surface area (Å²) in [4.78, 5) is 23.7.